The minimum atomic E-state index is -0.525. The monoisotopic (exact) mass is 463 g/mol. The molecule has 30 heavy (non-hydrogen) atoms. The lowest BCUT2D eigenvalue weighted by molar-refractivity contribution is -0.113. The molecule has 0 atom stereocenters. The molecule has 0 fully saturated rings. The Morgan fingerprint density at radius 3 is 2.43 bits per heavy atom. The number of carbonyl (C=O) groups excluding carboxylic acids is 3. The van der Waals surface area contributed by atoms with Crippen molar-refractivity contribution in [3.63, 3.8) is 0 Å². The zero-order valence-electron chi connectivity index (χ0n) is 16.1. The molecule has 0 aliphatic heterocycles. The van der Waals surface area contributed by atoms with Crippen LogP contribution in [0.15, 0.2) is 83.2 Å². The number of rotatable bonds is 6. The minimum absolute atomic E-state index is 0.0428. The highest BCUT2D eigenvalue weighted by Crippen LogP contribution is 2.15. The Labute approximate surface area is 182 Å². The molecule has 2 N–H and O–H groups in total. The number of benzene rings is 2. The second kappa shape index (κ2) is 9.76. The van der Waals surface area contributed by atoms with Crippen LogP contribution in [0.1, 0.15) is 33.2 Å². The summed E-state index contributed by atoms with van der Waals surface area (Å²) in [6.45, 7) is 1.45. The summed E-state index contributed by atoms with van der Waals surface area (Å²) in [6, 6.07) is 16.9. The molecule has 0 bridgehead atoms. The fourth-order valence-electron chi connectivity index (χ4n) is 2.62. The number of Topliss-reactive ketones (excluding diaryl/α,β-unsaturated/α-hetero) is 1. The summed E-state index contributed by atoms with van der Waals surface area (Å²) in [6.07, 6.45) is 4.73. The van der Waals surface area contributed by atoms with Gasteiger partial charge >= 0.3 is 0 Å². The molecule has 0 unspecified atom stereocenters. The van der Waals surface area contributed by atoms with Crippen molar-refractivity contribution in [1.82, 2.24) is 10.3 Å². The summed E-state index contributed by atoms with van der Waals surface area (Å²) in [7, 11) is 0. The van der Waals surface area contributed by atoms with Crippen LogP contribution in [-0.4, -0.2) is 22.6 Å². The van der Waals surface area contributed by atoms with Crippen LogP contribution in [0, 0.1) is 0 Å². The maximum Gasteiger partial charge on any atom is 0.272 e. The van der Waals surface area contributed by atoms with Gasteiger partial charge in [-0.1, -0.05) is 40.2 Å². The van der Waals surface area contributed by atoms with Gasteiger partial charge in [0.1, 0.15) is 5.70 Å². The molecule has 7 heteroatoms. The molecule has 1 aromatic heterocycles. The van der Waals surface area contributed by atoms with Crippen molar-refractivity contribution in [3.8, 4) is 0 Å². The topological polar surface area (TPSA) is 88.2 Å². The normalized spacial score (nSPS) is 10.9. The number of hydrogen-bond donors (Lipinski definition) is 2. The number of nitrogens with zero attached hydrogens (tertiary/aromatic N) is 1. The lowest BCUT2D eigenvalue weighted by atomic mass is 10.1. The zero-order valence-corrected chi connectivity index (χ0v) is 17.6. The fraction of sp³-hybridized carbons (Fsp3) is 0.0435. The molecular weight excluding hydrogens is 446 g/mol. The highest BCUT2D eigenvalue weighted by atomic mass is 79.9. The van der Waals surface area contributed by atoms with E-state index in [-0.39, 0.29) is 11.5 Å². The highest BCUT2D eigenvalue weighted by molar-refractivity contribution is 9.10. The molecule has 150 valence electrons. The van der Waals surface area contributed by atoms with Gasteiger partial charge in [-0.05, 0) is 55.0 Å². The van der Waals surface area contributed by atoms with E-state index in [9.17, 15) is 14.4 Å². The summed E-state index contributed by atoms with van der Waals surface area (Å²) in [5.74, 6) is -1.07. The molecule has 1 heterocycles. The van der Waals surface area contributed by atoms with Crippen molar-refractivity contribution in [2.24, 2.45) is 0 Å². The lowest BCUT2D eigenvalue weighted by Crippen LogP contribution is -2.30. The number of ketones is 1. The first kappa shape index (κ1) is 21.1. The Morgan fingerprint density at radius 1 is 0.967 bits per heavy atom. The summed E-state index contributed by atoms with van der Waals surface area (Å²) in [5.41, 5.74) is 2.01. The van der Waals surface area contributed by atoms with E-state index < -0.39 is 11.8 Å². The van der Waals surface area contributed by atoms with Gasteiger partial charge in [0.05, 0.1) is 0 Å². The van der Waals surface area contributed by atoms with Crippen molar-refractivity contribution in [2.45, 2.75) is 6.92 Å². The number of anilines is 1. The standard InChI is InChI=1S/C23H18BrN3O3/c1-15(28)17-6-3-9-20(13-17)26-23(30)21(11-16-5-4-10-25-14-16)27-22(29)18-7-2-8-19(24)12-18/h2-14H,1H3,(H,26,30)(H,27,29)/b21-11+. The van der Waals surface area contributed by atoms with Crippen molar-refractivity contribution in [3.05, 3.63) is 99.9 Å². The van der Waals surface area contributed by atoms with E-state index in [0.717, 1.165) is 4.47 Å². The molecule has 3 rings (SSSR count). The Bertz CT molecular complexity index is 1130. The average Bonchev–Trinajstić information content (AvgIpc) is 2.74. The summed E-state index contributed by atoms with van der Waals surface area (Å²) in [4.78, 5) is 41.2. The molecule has 0 saturated carbocycles. The van der Waals surface area contributed by atoms with Crippen LogP contribution in [0.5, 0.6) is 0 Å². The van der Waals surface area contributed by atoms with Gasteiger partial charge < -0.3 is 10.6 Å². The zero-order chi connectivity index (χ0) is 21.5. The fourth-order valence-corrected chi connectivity index (χ4v) is 3.02. The molecule has 0 aliphatic rings. The second-order valence-corrected chi connectivity index (χ2v) is 7.32. The lowest BCUT2D eigenvalue weighted by Gasteiger charge is -2.12. The third-order valence-electron chi connectivity index (χ3n) is 4.10. The third-order valence-corrected chi connectivity index (χ3v) is 4.60. The SMILES string of the molecule is CC(=O)c1cccc(NC(=O)/C(=C\c2cccnc2)NC(=O)c2cccc(Br)c2)c1. The van der Waals surface area contributed by atoms with E-state index in [4.69, 9.17) is 0 Å². The minimum Gasteiger partial charge on any atom is -0.321 e. The molecule has 2 aromatic carbocycles. The Hall–Kier alpha value is -3.58. The van der Waals surface area contributed by atoms with Gasteiger partial charge in [0.2, 0.25) is 0 Å². The molecule has 6 nitrogen and oxygen atoms in total. The molecular formula is C23H18BrN3O3. The Balaban J connectivity index is 1.88. The first-order chi connectivity index (χ1) is 14.4. The average molecular weight is 464 g/mol. The number of hydrogen-bond acceptors (Lipinski definition) is 4. The third kappa shape index (κ3) is 5.71. The van der Waals surface area contributed by atoms with Gasteiger partial charge in [-0.2, -0.15) is 0 Å². The van der Waals surface area contributed by atoms with Crippen LogP contribution in [0.4, 0.5) is 5.69 Å². The van der Waals surface area contributed by atoms with E-state index in [1.165, 1.54) is 13.0 Å². The highest BCUT2D eigenvalue weighted by Gasteiger charge is 2.16. The van der Waals surface area contributed by atoms with E-state index in [1.807, 2.05) is 0 Å². The van der Waals surface area contributed by atoms with Crippen LogP contribution < -0.4 is 10.6 Å². The molecule has 0 radical (unpaired) electrons. The number of nitrogens with one attached hydrogen (secondary N) is 2. The van der Waals surface area contributed by atoms with Gasteiger partial charge in [0.25, 0.3) is 11.8 Å². The quantitative estimate of drug-likeness (QED) is 0.417. The smallest absolute Gasteiger partial charge is 0.272 e. The van der Waals surface area contributed by atoms with Crippen molar-refractivity contribution < 1.29 is 14.4 Å². The summed E-state index contributed by atoms with van der Waals surface area (Å²) < 4.78 is 0.749. The van der Waals surface area contributed by atoms with Crippen molar-refractivity contribution in [2.75, 3.05) is 5.32 Å². The molecule has 2 amide bonds. The summed E-state index contributed by atoms with van der Waals surface area (Å²) >= 11 is 3.33. The van der Waals surface area contributed by atoms with Crippen LogP contribution in [0.3, 0.4) is 0 Å². The maximum absolute atomic E-state index is 12.9. The molecule has 3 aromatic rings. The van der Waals surface area contributed by atoms with E-state index in [1.54, 1.807) is 73.1 Å². The molecule has 0 aliphatic carbocycles. The first-order valence-electron chi connectivity index (χ1n) is 9.03. The predicted molar refractivity (Wildman–Crippen MR) is 119 cm³/mol. The Morgan fingerprint density at radius 2 is 1.73 bits per heavy atom. The van der Waals surface area contributed by atoms with Crippen LogP contribution >= 0.6 is 15.9 Å². The van der Waals surface area contributed by atoms with Crippen LogP contribution in [0.2, 0.25) is 0 Å². The Kier molecular flexibility index (Phi) is 6.87. The van der Waals surface area contributed by atoms with E-state index in [0.29, 0.717) is 22.4 Å². The van der Waals surface area contributed by atoms with Gasteiger partial charge in [0, 0.05) is 33.7 Å². The van der Waals surface area contributed by atoms with Crippen LogP contribution in [0.25, 0.3) is 6.08 Å². The van der Waals surface area contributed by atoms with Crippen molar-refractivity contribution >= 4 is 45.3 Å². The number of aromatic nitrogens is 1. The molecule has 0 saturated heterocycles. The first-order valence-corrected chi connectivity index (χ1v) is 9.82. The number of carbonyl (C=O) groups is 3. The second-order valence-electron chi connectivity index (χ2n) is 6.40. The van der Waals surface area contributed by atoms with Gasteiger partial charge in [-0.3, -0.25) is 19.4 Å². The van der Waals surface area contributed by atoms with Gasteiger partial charge in [-0.25, -0.2) is 0 Å². The van der Waals surface area contributed by atoms with Gasteiger partial charge in [-0.15, -0.1) is 0 Å². The predicted octanol–water partition coefficient (Wildman–Crippen LogP) is 4.46. The van der Waals surface area contributed by atoms with Crippen molar-refractivity contribution in [1.29, 1.82) is 0 Å². The van der Waals surface area contributed by atoms with Crippen LogP contribution in [-0.2, 0) is 4.79 Å². The number of amides is 2. The van der Waals surface area contributed by atoms with Gasteiger partial charge in [0.15, 0.2) is 5.78 Å². The number of pyridine rings is 1. The van der Waals surface area contributed by atoms with E-state index in [2.05, 4.69) is 31.5 Å². The molecule has 0 spiro atoms. The van der Waals surface area contributed by atoms with E-state index >= 15 is 0 Å². The number of halogens is 1. The summed E-state index contributed by atoms with van der Waals surface area (Å²) in [5, 5.41) is 5.38. The largest absolute Gasteiger partial charge is 0.321 e. The maximum atomic E-state index is 12.9.